The van der Waals surface area contributed by atoms with Crippen molar-refractivity contribution in [1.29, 1.82) is 0 Å². The summed E-state index contributed by atoms with van der Waals surface area (Å²) >= 11 is 0. The van der Waals surface area contributed by atoms with Crippen LogP contribution >= 0.6 is 0 Å². The van der Waals surface area contributed by atoms with Crippen molar-refractivity contribution < 1.29 is 14.3 Å². The van der Waals surface area contributed by atoms with Gasteiger partial charge in [-0.1, -0.05) is 13.0 Å². The Bertz CT molecular complexity index is 1240. The van der Waals surface area contributed by atoms with Gasteiger partial charge in [0.15, 0.2) is 5.65 Å². The van der Waals surface area contributed by atoms with Gasteiger partial charge in [-0.05, 0) is 55.3 Å². The highest BCUT2D eigenvalue weighted by Gasteiger charge is 2.13. The van der Waals surface area contributed by atoms with Crippen LogP contribution in [0.4, 0.5) is 5.69 Å². The molecule has 31 heavy (non-hydrogen) atoms. The second kappa shape index (κ2) is 8.47. The van der Waals surface area contributed by atoms with E-state index in [0.29, 0.717) is 28.4 Å². The molecule has 2 heterocycles. The third-order valence-corrected chi connectivity index (χ3v) is 5.24. The molecule has 7 nitrogen and oxygen atoms in total. The van der Waals surface area contributed by atoms with Gasteiger partial charge in [0.2, 0.25) is 0 Å². The molecule has 0 bridgehead atoms. The Kier molecular flexibility index (Phi) is 5.58. The number of aromatic amines is 1. The highest BCUT2D eigenvalue weighted by molar-refractivity contribution is 6.05. The Balaban J connectivity index is 1.65. The van der Waals surface area contributed by atoms with Crippen LogP contribution in [0.1, 0.15) is 28.5 Å². The van der Waals surface area contributed by atoms with Crippen LogP contribution in [0.15, 0.2) is 48.5 Å². The predicted molar refractivity (Wildman–Crippen MR) is 121 cm³/mol. The maximum Gasteiger partial charge on any atom is 0.255 e. The quantitative estimate of drug-likeness (QED) is 0.473. The molecule has 0 saturated carbocycles. The summed E-state index contributed by atoms with van der Waals surface area (Å²) in [5, 5.41) is 11.3. The topological polar surface area (TPSA) is 89.1 Å². The SMILES string of the molecule is CCc1[nH]nc2nc(-c3cc(NC(=O)c4cc(OC)cc(OC)c4)ccc3C)ccc12. The molecule has 4 rings (SSSR count). The van der Waals surface area contributed by atoms with Gasteiger partial charge in [-0.25, -0.2) is 4.98 Å². The number of rotatable bonds is 6. The van der Waals surface area contributed by atoms with Gasteiger partial charge in [0.25, 0.3) is 5.91 Å². The van der Waals surface area contributed by atoms with E-state index in [1.54, 1.807) is 32.4 Å². The van der Waals surface area contributed by atoms with E-state index in [4.69, 9.17) is 14.5 Å². The molecule has 0 saturated heterocycles. The first-order valence-corrected chi connectivity index (χ1v) is 10.0. The molecule has 0 aliphatic carbocycles. The van der Waals surface area contributed by atoms with Crippen molar-refractivity contribution >= 4 is 22.6 Å². The molecule has 7 heteroatoms. The number of aryl methyl sites for hydroxylation is 2. The zero-order valence-corrected chi connectivity index (χ0v) is 17.9. The average molecular weight is 416 g/mol. The van der Waals surface area contributed by atoms with Crippen LogP contribution < -0.4 is 14.8 Å². The van der Waals surface area contributed by atoms with Gasteiger partial charge in [0.05, 0.1) is 19.9 Å². The van der Waals surface area contributed by atoms with Crippen molar-refractivity contribution in [2.24, 2.45) is 0 Å². The molecule has 2 aromatic carbocycles. The van der Waals surface area contributed by atoms with Crippen LogP contribution in [0, 0.1) is 6.92 Å². The first-order valence-electron chi connectivity index (χ1n) is 10.0. The van der Waals surface area contributed by atoms with Gasteiger partial charge in [0.1, 0.15) is 11.5 Å². The first kappa shape index (κ1) is 20.4. The lowest BCUT2D eigenvalue weighted by atomic mass is 10.0. The minimum absolute atomic E-state index is 0.254. The van der Waals surface area contributed by atoms with Gasteiger partial charge in [-0.3, -0.25) is 9.89 Å². The second-order valence-electron chi connectivity index (χ2n) is 7.21. The number of methoxy groups -OCH3 is 2. The Morgan fingerprint density at radius 3 is 2.45 bits per heavy atom. The third kappa shape index (κ3) is 4.07. The van der Waals surface area contributed by atoms with E-state index in [9.17, 15) is 4.79 Å². The van der Waals surface area contributed by atoms with E-state index in [1.807, 2.05) is 37.3 Å². The molecule has 1 amide bonds. The van der Waals surface area contributed by atoms with Crippen molar-refractivity contribution in [2.45, 2.75) is 20.3 Å². The zero-order valence-electron chi connectivity index (χ0n) is 17.9. The van der Waals surface area contributed by atoms with Crippen molar-refractivity contribution in [2.75, 3.05) is 19.5 Å². The van der Waals surface area contributed by atoms with Gasteiger partial charge in [-0.2, -0.15) is 5.10 Å². The molecule has 0 aliphatic rings. The van der Waals surface area contributed by atoms with Crippen molar-refractivity contribution in [3.05, 3.63) is 65.4 Å². The molecule has 2 aromatic heterocycles. The number of pyridine rings is 1. The molecule has 4 aromatic rings. The molecule has 2 N–H and O–H groups in total. The minimum atomic E-state index is -0.254. The van der Waals surface area contributed by atoms with Crippen molar-refractivity contribution in [3.8, 4) is 22.8 Å². The number of ether oxygens (including phenoxy) is 2. The van der Waals surface area contributed by atoms with E-state index in [2.05, 4.69) is 22.4 Å². The lowest BCUT2D eigenvalue weighted by Gasteiger charge is -2.12. The number of amides is 1. The van der Waals surface area contributed by atoms with Crippen LogP contribution in [0.5, 0.6) is 11.5 Å². The first-order chi connectivity index (χ1) is 15.0. The van der Waals surface area contributed by atoms with Crippen molar-refractivity contribution in [3.63, 3.8) is 0 Å². The summed E-state index contributed by atoms with van der Waals surface area (Å²) in [6.07, 6.45) is 0.868. The van der Waals surface area contributed by atoms with Crippen LogP contribution in [0.2, 0.25) is 0 Å². The molecule has 0 fully saturated rings. The number of H-pyrrole nitrogens is 1. The molecule has 0 atom stereocenters. The zero-order chi connectivity index (χ0) is 22.0. The fourth-order valence-corrected chi connectivity index (χ4v) is 3.49. The minimum Gasteiger partial charge on any atom is -0.497 e. The molecule has 0 aliphatic heterocycles. The second-order valence-corrected chi connectivity index (χ2v) is 7.21. The summed E-state index contributed by atoms with van der Waals surface area (Å²) in [5.41, 5.74) is 5.67. The third-order valence-electron chi connectivity index (χ3n) is 5.24. The molecular formula is C24H24N4O3. The molecular weight excluding hydrogens is 392 g/mol. The van der Waals surface area contributed by atoms with E-state index < -0.39 is 0 Å². The number of nitrogens with one attached hydrogen (secondary N) is 2. The van der Waals surface area contributed by atoms with E-state index >= 15 is 0 Å². The number of fused-ring (bicyclic) bond motifs is 1. The fourth-order valence-electron chi connectivity index (χ4n) is 3.49. The lowest BCUT2D eigenvalue weighted by molar-refractivity contribution is 0.102. The summed E-state index contributed by atoms with van der Waals surface area (Å²) in [4.78, 5) is 17.6. The summed E-state index contributed by atoms with van der Waals surface area (Å²) in [6, 6.07) is 14.8. The molecule has 0 unspecified atom stereocenters. The van der Waals surface area contributed by atoms with Crippen LogP contribution in [0.25, 0.3) is 22.3 Å². The number of nitrogens with zero attached hydrogens (tertiary/aromatic N) is 2. The maximum absolute atomic E-state index is 12.8. The van der Waals surface area contributed by atoms with Crippen LogP contribution in [-0.2, 0) is 6.42 Å². The number of carbonyl (C=O) groups is 1. The highest BCUT2D eigenvalue weighted by atomic mass is 16.5. The number of aromatic nitrogens is 3. The Morgan fingerprint density at radius 2 is 1.77 bits per heavy atom. The largest absolute Gasteiger partial charge is 0.497 e. The standard InChI is InChI=1S/C24H24N4O3/c1-5-21-19-8-9-22(26-23(19)28-27-21)20-12-16(7-6-14(20)2)25-24(29)15-10-17(30-3)13-18(11-15)31-4/h6-13H,5H2,1-4H3,(H,25,29)(H,26,27,28). The normalized spacial score (nSPS) is 10.8. The smallest absolute Gasteiger partial charge is 0.255 e. The summed E-state index contributed by atoms with van der Waals surface area (Å²) < 4.78 is 10.5. The number of carbonyl (C=O) groups excluding carboxylic acids is 1. The molecule has 0 spiro atoms. The van der Waals surface area contributed by atoms with Crippen LogP contribution in [-0.4, -0.2) is 35.3 Å². The monoisotopic (exact) mass is 416 g/mol. The Morgan fingerprint density at radius 1 is 1.03 bits per heavy atom. The highest BCUT2D eigenvalue weighted by Crippen LogP contribution is 2.28. The molecule has 0 radical (unpaired) electrons. The lowest BCUT2D eigenvalue weighted by Crippen LogP contribution is -2.12. The maximum atomic E-state index is 12.8. The van der Waals surface area contributed by atoms with Crippen molar-refractivity contribution in [1.82, 2.24) is 15.2 Å². The number of anilines is 1. The van der Waals surface area contributed by atoms with Gasteiger partial charge in [0, 0.05) is 34.0 Å². The number of hydrogen-bond donors (Lipinski definition) is 2. The molecule has 158 valence electrons. The number of hydrogen-bond acceptors (Lipinski definition) is 5. The Labute approximate surface area is 180 Å². The average Bonchev–Trinajstić information content (AvgIpc) is 3.22. The van der Waals surface area contributed by atoms with Gasteiger partial charge >= 0.3 is 0 Å². The summed E-state index contributed by atoms with van der Waals surface area (Å²) in [5.74, 6) is 0.851. The van der Waals surface area contributed by atoms with Gasteiger partial charge < -0.3 is 14.8 Å². The fraction of sp³-hybridized carbons (Fsp3) is 0.208. The predicted octanol–water partition coefficient (Wildman–Crippen LogP) is 4.77. The van der Waals surface area contributed by atoms with Gasteiger partial charge in [-0.15, -0.1) is 0 Å². The van der Waals surface area contributed by atoms with Crippen LogP contribution in [0.3, 0.4) is 0 Å². The summed E-state index contributed by atoms with van der Waals surface area (Å²) in [7, 11) is 3.10. The van der Waals surface area contributed by atoms with E-state index in [0.717, 1.165) is 34.3 Å². The van der Waals surface area contributed by atoms with E-state index in [1.165, 1.54) is 0 Å². The van der Waals surface area contributed by atoms with E-state index in [-0.39, 0.29) is 5.91 Å². The number of benzene rings is 2. The summed E-state index contributed by atoms with van der Waals surface area (Å²) in [6.45, 7) is 4.09. The Hall–Kier alpha value is -3.87.